The van der Waals surface area contributed by atoms with Crippen LogP contribution in [0.25, 0.3) is 0 Å². The molecule has 0 heterocycles. The molecule has 0 radical (unpaired) electrons. The van der Waals surface area contributed by atoms with Crippen molar-refractivity contribution in [3.05, 3.63) is 70.8 Å². The van der Waals surface area contributed by atoms with Gasteiger partial charge in [0.15, 0.2) is 0 Å². The third kappa shape index (κ3) is 6.99. The van der Waals surface area contributed by atoms with Crippen molar-refractivity contribution in [2.24, 2.45) is 17.8 Å². The molecule has 0 aliphatic heterocycles. The number of aryl methyl sites for hydroxylation is 1. The minimum absolute atomic E-state index is 0.764. The van der Waals surface area contributed by atoms with Gasteiger partial charge in [0, 0.05) is 11.1 Å². The third-order valence-corrected chi connectivity index (χ3v) is 8.41. The fraction of sp³-hybridized carbons (Fsp3) is 0.576. The monoisotopic (exact) mass is 440 g/mol. The Kier molecular flexibility index (Phi) is 9.11. The van der Waals surface area contributed by atoms with Crippen LogP contribution in [0, 0.1) is 29.6 Å². The van der Waals surface area contributed by atoms with Crippen LogP contribution in [-0.2, 0) is 6.42 Å². The summed E-state index contributed by atoms with van der Waals surface area (Å²) in [5, 5.41) is 0. The summed E-state index contributed by atoms with van der Waals surface area (Å²) in [5.41, 5.74) is 5.19. The van der Waals surface area contributed by atoms with Gasteiger partial charge < -0.3 is 0 Å². The van der Waals surface area contributed by atoms with Crippen LogP contribution in [0.15, 0.2) is 48.5 Å². The van der Waals surface area contributed by atoms with E-state index in [0.29, 0.717) is 0 Å². The lowest BCUT2D eigenvalue weighted by atomic mass is 9.63. The molecule has 2 saturated carbocycles. The minimum atomic E-state index is 0.764. The number of fused-ring (bicyclic) bond motifs is 1. The van der Waals surface area contributed by atoms with Crippen molar-refractivity contribution in [2.45, 2.75) is 103 Å². The molecule has 0 aromatic heterocycles. The van der Waals surface area contributed by atoms with Gasteiger partial charge in [-0.25, -0.2) is 0 Å². The predicted molar refractivity (Wildman–Crippen MR) is 143 cm³/mol. The number of hydrogen-bond donors (Lipinski definition) is 0. The van der Waals surface area contributed by atoms with Gasteiger partial charge in [-0.1, -0.05) is 94.9 Å². The first kappa shape index (κ1) is 24.1. The lowest BCUT2D eigenvalue weighted by Crippen LogP contribution is -2.30. The Bertz CT molecular complexity index is 892. The van der Waals surface area contributed by atoms with Crippen LogP contribution in [0.3, 0.4) is 0 Å². The molecule has 0 saturated heterocycles. The molecular formula is C33H44. The molecule has 2 fully saturated rings. The highest BCUT2D eigenvalue weighted by Crippen LogP contribution is 2.48. The Morgan fingerprint density at radius 3 is 2.03 bits per heavy atom. The molecule has 2 aliphatic carbocycles. The molecule has 0 nitrogen and oxygen atoms in total. The third-order valence-electron chi connectivity index (χ3n) is 8.41. The van der Waals surface area contributed by atoms with Gasteiger partial charge in [0.1, 0.15) is 0 Å². The SMILES string of the molecule is CCCCCCC1CC[C@@H]2C[C@H](c3ccc(C#Cc4ccc(CCC)cc4)cc3)CC[C@@H]2C1. The van der Waals surface area contributed by atoms with E-state index in [-0.39, 0.29) is 0 Å². The van der Waals surface area contributed by atoms with E-state index in [1.54, 1.807) is 5.56 Å². The highest BCUT2D eigenvalue weighted by Gasteiger charge is 2.35. The molecular weight excluding hydrogens is 396 g/mol. The molecule has 0 heteroatoms. The second-order valence-electron chi connectivity index (χ2n) is 10.9. The summed E-state index contributed by atoms with van der Waals surface area (Å²) >= 11 is 0. The molecule has 2 aromatic carbocycles. The van der Waals surface area contributed by atoms with E-state index in [1.807, 2.05) is 0 Å². The summed E-state index contributed by atoms with van der Waals surface area (Å²) in [6.45, 7) is 4.54. The average Bonchev–Trinajstić information content (AvgIpc) is 2.86. The Balaban J connectivity index is 1.27. The summed E-state index contributed by atoms with van der Waals surface area (Å²) in [6, 6.07) is 18.0. The Hall–Kier alpha value is -2.00. The van der Waals surface area contributed by atoms with Gasteiger partial charge in [0.2, 0.25) is 0 Å². The van der Waals surface area contributed by atoms with Gasteiger partial charge in [0.05, 0.1) is 0 Å². The second kappa shape index (κ2) is 12.5. The standard InChI is InChI=1S/C33H44/c1-3-5-6-7-9-29-18-21-33-25-32(23-22-31(33)24-29)30-19-16-28(17-20-30)15-14-27-12-10-26(8-4-2)11-13-27/h10-13,16-17,19-20,29,31-33H,3-9,18,21-25H2,1-2H3/t29?,31-,32-,33-/m1/s1. The normalized spacial score (nSPS) is 24.5. The fourth-order valence-electron chi connectivity index (χ4n) is 6.44. The average molecular weight is 441 g/mol. The van der Waals surface area contributed by atoms with Crippen molar-refractivity contribution in [2.75, 3.05) is 0 Å². The van der Waals surface area contributed by atoms with Gasteiger partial charge in [-0.05, 0) is 97.6 Å². The topological polar surface area (TPSA) is 0 Å². The van der Waals surface area contributed by atoms with E-state index in [1.165, 1.54) is 82.6 Å². The second-order valence-corrected chi connectivity index (χ2v) is 10.9. The van der Waals surface area contributed by atoms with Crippen LogP contribution in [0.2, 0.25) is 0 Å². The molecule has 0 N–H and O–H groups in total. The van der Waals surface area contributed by atoms with Crippen LogP contribution in [-0.4, -0.2) is 0 Å². The molecule has 2 aliphatic rings. The van der Waals surface area contributed by atoms with Crippen molar-refractivity contribution in [1.29, 1.82) is 0 Å². The molecule has 0 spiro atoms. The first-order valence-electron chi connectivity index (χ1n) is 14.0. The molecule has 176 valence electrons. The van der Waals surface area contributed by atoms with Gasteiger partial charge in [-0.3, -0.25) is 0 Å². The van der Waals surface area contributed by atoms with E-state index in [4.69, 9.17) is 0 Å². The maximum absolute atomic E-state index is 3.37. The fourth-order valence-corrected chi connectivity index (χ4v) is 6.44. The van der Waals surface area contributed by atoms with Crippen LogP contribution < -0.4 is 0 Å². The van der Waals surface area contributed by atoms with Gasteiger partial charge in [-0.2, -0.15) is 0 Å². The maximum Gasteiger partial charge on any atom is 0.0249 e. The van der Waals surface area contributed by atoms with Crippen molar-refractivity contribution in [3.63, 3.8) is 0 Å². The molecule has 4 rings (SSSR count). The quantitative estimate of drug-likeness (QED) is 0.283. The summed E-state index contributed by atoms with van der Waals surface area (Å²) < 4.78 is 0. The highest BCUT2D eigenvalue weighted by molar-refractivity contribution is 5.44. The summed E-state index contributed by atoms with van der Waals surface area (Å²) in [5.74, 6) is 10.5. The molecule has 2 aromatic rings. The summed E-state index contributed by atoms with van der Waals surface area (Å²) in [6.07, 6.45) is 18.3. The van der Waals surface area contributed by atoms with Crippen molar-refractivity contribution in [3.8, 4) is 11.8 Å². The zero-order valence-electron chi connectivity index (χ0n) is 21.1. The van der Waals surface area contributed by atoms with Crippen LogP contribution in [0.1, 0.15) is 119 Å². The number of unbranched alkanes of at least 4 members (excludes halogenated alkanes) is 3. The van der Waals surface area contributed by atoms with E-state index < -0.39 is 0 Å². The molecule has 4 atom stereocenters. The highest BCUT2D eigenvalue weighted by atomic mass is 14.4. The van der Waals surface area contributed by atoms with Crippen LogP contribution in [0.5, 0.6) is 0 Å². The van der Waals surface area contributed by atoms with E-state index in [9.17, 15) is 0 Å². The lowest BCUT2D eigenvalue weighted by molar-refractivity contribution is 0.113. The summed E-state index contributed by atoms with van der Waals surface area (Å²) in [4.78, 5) is 0. The summed E-state index contributed by atoms with van der Waals surface area (Å²) in [7, 11) is 0. The van der Waals surface area contributed by atoms with Crippen LogP contribution in [0.4, 0.5) is 0 Å². The van der Waals surface area contributed by atoms with Gasteiger partial charge in [-0.15, -0.1) is 0 Å². The number of hydrogen-bond acceptors (Lipinski definition) is 0. The predicted octanol–water partition coefficient (Wildman–Crippen LogP) is 9.31. The molecule has 0 bridgehead atoms. The number of rotatable bonds is 8. The number of benzene rings is 2. The molecule has 0 amide bonds. The van der Waals surface area contributed by atoms with Gasteiger partial charge in [0.25, 0.3) is 0 Å². The first-order chi connectivity index (χ1) is 16.2. The molecule has 33 heavy (non-hydrogen) atoms. The Morgan fingerprint density at radius 1 is 0.667 bits per heavy atom. The van der Waals surface area contributed by atoms with Gasteiger partial charge >= 0.3 is 0 Å². The lowest BCUT2D eigenvalue weighted by Gasteiger charge is -2.42. The van der Waals surface area contributed by atoms with Crippen molar-refractivity contribution >= 4 is 0 Å². The Morgan fingerprint density at radius 2 is 1.33 bits per heavy atom. The van der Waals surface area contributed by atoms with Crippen LogP contribution >= 0.6 is 0 Å². The Labute approximate surface area is 203 Å². The van der Waals surface area contributed by atoms with Crippen molar-refractivity contribution in [1.82, 2.24) is 0 Å². The van der Waals surface area contributed by atoms with Crippen molar-refractivity contribution < 1.29 is 0 Å². The largest absolute Gasteiger partial charge is 0.0654 e. The molecule has 1 unspecified atom stereocenters. The minimum Gasteiger partial charge on any atom is -0.0654 e. The van der Waals surface area contributed by atoms with E-state index in [2.05, 4.69) is 74.2 Å². The van der Waals surface area contributed by atoms with E-state index in [0.717, 1.165) is 41.2 Å². The zero-order chi connectivity index (χ0) is 22.9. The van der Waals surface area contributed by atoms with E-state index >= 15 is 0 Å². The smallest absolute Gasteiger partial charge is 0.0249 e. The first-order valence-corrected chi connectivity index (χ1v) is 14.0. The maximum atomic E-state index is 3.37. The zero-order valence-corrected chi connectivity index (χ0v) is 21.1.